The van der Waals surface area contributed by atoms with Gasteiger partial charge in [-0.25, -0.2) is 0 Å². The van der Waals surface area contributed by atoms with E-state index < -0.39 is 0 Å². The number of aromatic nitrogens is 1. The Morgan fingerprint density at radius 1 is 1.11 bits per heavy atom. The Morgan fingerprint density at radius 2 is 1.79 bits per heavy atom. The number of pyridine rings is 1. The molecule has 6 nitrogen and oxygen atoms in total. The Balaban J connectivity index is 1.46. The molecule has 0 atom stereocenters. The standard InChI is InChI=1S/C22H28N4O2/c1-26(22(28)19-10-14-24-15-11-19)20-5-2-18(3-6-20)16-25-21(27)7-4-17-8-12-23-13-9-17/h2-3,5-6,10-11,14-15,17,23H,4,7-9,12-13,16H2,1H3,(H,25,27). The highest BCUT2D eigenvalue weighted by atomic mass is 16.2. The number of rotatable bonds is 7. The van der Waals surface area contributed by atoms with E-state index in [-0.39, 0.29) is 11.8 Å². The fourth-order valence-corrected chi connectivity index (χ4v) is 3.44. The average molecular weight is 380 g/mol. The highest BCUT2D eigenvalue weighted by Crippen LogP contribution is 2.18. The molecule has 1 fully saturated rings. The molecule has 2 N–H and O–H groups in total. The van der Waals surface area contributed by atoms with Crippen LogP contribution >= 0.6 is 0 Å². The number of carbonyl (C=O) groups is 2. The Hall–Kier alpha value is -2.73. The zero-order valence-corrected chi connectivity index (χ0v) is 16.4. The van der Waals surface area contributed by atoms with Crippen LogP contribution in [0.15, 0.2) is 48.8 Å². The van der Waals surface area contributed by atoms with Crippen LogP contribution in [0.1, 0.15) is 41.6 Å². The number of nitrogens with zero attached hydrogens (tertiary/aromatic N) is 2. The molecule has 2 amide bonds. The molecule has 1 aromatic heterocycles. The van der Waals surface area contributed by atoms with Crippen LogP contribution in [0.3, 0.4) is 0 Å². The summed E-state index contributed by atoms with van der Waals surface area (Å²) >= 11 is 0. The minimum absolute atomic E-state index is 0.0821. The van der Waals surface area contributed by atoms with Crippen molar-refractivity contribution in [1.29, 1.82) is 0 Å². The van der Waals surface area contributed by atoms with Gasteiger partial charge in [-0.2, -0.15) is 0 Å². The van der Waals surface area contributed by atoms with Crippen LogP contribution in [0.5, 0.6) is 0 Å². The SMILES string of the molecule is CN(C(=O)c1ccncc1)c1ccc(CNC(=O)CCC2CCNCC2)cc1. The fourth-order valence-electron chi connectivity index (χ4n) is 3.44. The van der Waals surface area contributed by atoms with Gasteiger partial charge in [0.05, 0.1) is 0 Å². The Morgan fingerprint density at radius 3 is 2.46 bits per heavy atom. The normalized spacial score (nSPS) is 14.5. The first-order valence-corrected chi connectivity index (χ1v) is 9.88. The largest absolute Gasteiger partial charge is 0.352 e. The molecule has 0 saturated carbocycles. The monoisotopic (exact) mass is 380 g/mol. The average Bonchev–Trinajstić information content (AvgIpc) is 2.77. The third kappa shape index (κ3) is 5.63. The first-order chi connectivity index (χ1) is 13.6. The summed E-state index contributed by atoms with van der Waals surface area (Å²) in [4.78, 5) is 30.1. The smallest absolute Gasteiger partial charge is 0.258 e. The third-order valence-corrected chi connectivity index (χ3v) is 5.28. The van der Waals surface area contributed by atoms with Crippen molar-refractivity contribution in [1.82, 2.24) is 15.6 Å². The molecule has 2 heterocycles. The summed E-state index contributed by atoms with van der Waals surface area (Å²) in [6.07, 6.45) is 7.11. The molecule has 0 aliphatic carbocycles. The van der Waals surface area contributed by atoms with E-state index in [1.165, 1.54) is 12.8 Å². The van der Waals surface area contributed by atoms with Gasteiger partial charge in [0.1, 0.15) is 0 Å². The molecule has 2 aromatic rings. The Labute approximate surface area is 166 Å². The molecule has 0 spiro atoms. The number of amides is 2. The number of nitrogens with one attached hydrogen (secondary N) is 2. The van der Waals surface area contributed by atoms with Gasteiger partial charge in [0.2, 0.25) is 5.91 Å². The molecule has 3 rings (SSSR count). The topological polar surface area (TPSA) is 74.3 Å². The number of piperidine rings is 1. The summed E-state index contributed by atoms with van der Waals surface area (Å²) in [6.45, 7) is 2.64. The summed E-state index contributed by atoms with van der Waals surface area (Å²) in [5.41, 5.74) is 2.43. The lowest BCUT2D eigenvalue weighted by Gasteiger charge is -2.22. The van der Waals surface area contributed by atoms with E-state index in [9.17, 15) is 9.59 Å². The number of carbonyl (C=O) groups excluding carboxylic acids is 2. The van der Waals surface area contributed by atoms with Gasteiger partial charge >= 0.3 is 0 Å². The lowest BCUT2D eigenvalue weighted by Crippen LogP contribution is -2.29. The van der Waals surface area contributed by atoms with Gasteiger partial charge in [-0.05, 0) is 68.1 Å². The lowest BCUT2D eigenvalue weighted by molar-refractivity contribution is -0.121. The van der Waals surface area contributed by atoms with Crippen molar-refractivity contribution in [3.05, 3.63) is 59.9 Å². The quantitative estimate of drug-likeness (QED) is 0.775. The summed E-state index contributed by atoms with van der Waals surface area (Å²) in [7, 11) is 1.75. The van der Waals surface area contributed by atoms with Crippen LogP contribution in [0, 0.1) is 5.92 Å². The van der Waals surface area contributed by atoms with Gasteiger partial charge in [0, 0.05) is 43.7 Å². The van der Waals surface area contributed by atoms with Gasteiger partial charge in [-0.1, -0.05) is 12.1 Å². The van der Waals surface area contributed by atoms with Crippen molar-refractivity contribution in [3.8, 4) is 0 Å². The predicted molar refractivity (Wildman–Crippen MR) is 110 cm³/mol. The fraction of sp³-hybridized carbons (Fsp3) is 0.409. The van der Waals surface area contributed by atoms with Crippen molar-refractivity contribution in [2.24, 2.45) is 5.92 Å². The van der Waals surface area contributed by atoms with E-state index in [1.54, 1.807) is 36.5 Å². The Kier molecular flexibility index (Phi) is 7.14. The van der Waals surface area contributed by atoms with Crippen LogP contribution in [-0.4, -0.2) is 36.9 Å². The van der Waals surface area contributed by atoms with E-state index in [2.05, 4.69) is 15.6 Å². The maximum absolute atomic E-state index is 12.5. The van der Waals surface area contributed by atoms with Crippen LogP contribution in [-0.2, 0) is 11.3 Å². The minimum Gasteiger partial charge on any atom is -0.352 e. The summed E-state index contributed by atoms with van der Waals surface area (Å²) in [5, 5.41) is 6.34. The van der Waals surface area contributed by atoms with Crippen LogP contribution < -0.4 is 15.5 Å². The van der Waals surface area contributed by atoms with Gasteiger partial charge in [0.25, 0.3) is 5.91 Å². The van der Waals surface area contributed by atoms with E-state index >= 15 is 0 Å². The van der Waals surface area contributed by atoms with Crippen molar-refractivity contribution in [2.45, 2.75) is 32.2 Å². The molecular formula is C22H28N4O2. The lowest BCUT2D eigenvalue weighted by atomic mass is 9.93. The van der Waals surface area contributed by atoms with Crippen molar-refractivity contribution in [2.75, 3.05) is 25.0 Å². The Bertz CT molecular complexity index is 771. The van der Waals surface area contributed by atoms with E-state index in [0.29, 0.717) is 24.4 Å². The molecule has 28 heavy (non-hydrogen) atoms. The number of benzene rings is 1. The van der Waals surface area contributed by atoms with E-state index in [1.807, 2.05) is 24.3 Å². The van der Waals surface area contributed by atoms with Crippen molar-refractivity contribution < 1.29 is 9.59 Å². The predicted octanol–water partition coefficient (Wildman–Crippen LogP) is 2.75. The van der Waals surface area contributed by atoms with Crippen LogP contribution in [0.25, 0.3) is 0 Å². The third-order valence-electron chi connectivity index (χ3n) is 5.28. The highest BCUT2D eigenvalue weighted by molar-refractivity contribution is 6.05. The van der Waals surface area contributed by atoms with E-state index in [4.69, 9.17) is 0 Å². The summed E-state index contributed by atoms with van der Waals surface area (Å²) < 4.78 is 0. The molecule has 148 valence electrons. The molecule has 0 bridgehead atoms. The van der Waals surface area contributed by atoms with Gasteiger partial charge in [-0.3, -0.25) is 14.6 Å². The molecular weight excluding hydrogens is 352 g/mol. The molecule has 0 radical (unpaired) electrons. The van der Waals surface area contributed by atoms with Crippen LogP contribution in [0.4, 0.5) is 5.69 Å². The van der Waals surface area contributed by atoms with E-state index in [0.717, 1.165) is 30.8 Å². The first-order valence-electron chi connectivity index (χ1n) is 9.88. The zero-order chi connectivity index (χ0) is 19.8. The molecule has 1 aliphatic rings. The maximum atomic E-state index is 12.5. The second-order valence-corrected chi connectivity index (χ2v) is 7.28. The van der Waals surface area contributed by atoms with Crippen LogP contribution in [0.2, 0.25) is 0 Å². The molecule has 1 aromatic carbocycles. The maximum Gasteiger partial charge on any atom is 0.258 e. The minimum atomic E-state index is -0.0821. The highest BCUT2D eigenvalue weighted by Gasteiger charge is 2.15. The van der Waals surface area contributed by atoms with Gasteiger partial charge < -0.3 is 15.5 Å². The molecule has 0 unspecified atom stereocenters. The second kappa shape index (κ2) is 9.99. The summed E-state index contributed by atoms with van der Waals surface area (Å²) in [6, 6.07) is 11.1. The number of hydrogen-bond acceptors (Lipinski definition) is 4. The summed E-state index contributed by atoms with van der Waals surface area (Å²) in [5.74, 6) is 0.689. The second-order valence-electron chi connectivity index (χ2n) is 7.28. The van der Waals surface area contributed by atoms with Gasteiger partial charge in [0.15, 0.2) is 0 Å². The molecule has 6 heteroatoms. The number of hydrogen-bond donors (Lipinski definition) is 2. The first kappa shape index (κ1) is 20.0. The van der Waals surface area contributed by atoms with Crippen molar-refractivity contribution in [3.63, 3.8) is 0 Å². The molecule has 1 saturated heterocycles. The zero-order valence-electron chi connectivity index (χ0n) is 16.4. The number of anilines is 1. The van der Waals surface area contributed by atoms with Crippen molar-refractivity contribution >= 4 is 17.5 Å². The molecule has 1 aliphatic heterocycles. The van der Waals surface area contributed by atoms with Gasteiger partial charge in [-0.15, -0.1) is 0 Å².